The summed E-state index contributed by atoms with van der Waals surface area (Å²) in [5, 5.41) is 9.11. The van der Waals surface area contributed by atoms with Crippen LogP contribution in [0.3, 0.4) is 0 Å². The number of carboxylic acid groups (broad SMARTS) is 1. The van der Waals surface area contributed by atoms with Gasteiger partial charge in [-0.25, -0.2) is 19.7 Å². The van der Waals surface area contributed by atoms with Gasteiger partial charge in [-0.2, -0.15) is 0 Å². The minimum atomic E-state index is -1.10. The van der Waals surface area contributed by atoms with Crippen LogP contribution in [0.2, 0.25) is 0 Å². The molecule has 0 saturated heterocycles. The Balaban J connectivity index is 0.00000225. The molecule has 0 fully saturated rings. The predicted octanol–water partition coefficient (Wildman–Crippen LogP) is 2.15. The van der Waals surface area contributed by atoms with Crippen molar-refractivity contribution in [3.05, 3.63) is 66.4 Å². The van der Waals surface area contributed by atoms with E-state index < -0.39 is 11.4 Å². The smallest absolute Gasteiger partial charge is 0.354 e. The zero-order valence-electron chi connectivity index (χ0n) is 13.4. The second-order valence-corrected chi connectivity index (χ2v) is 5.61. The molecule has 0 radical (unpaired) electrons. The maximum absolute atomic E-state index is 11.1. The third-order valence-corrected chi connectivity index (χ3v) is 3.53. The number of carbonyl (C=O) groups is 1. The maximum Gasteiger partial charge on any atom is 0.354 e. The zero-order chi connectivity index (χ0) is 17.2. The van der Waals surface area contributed by atoms with Crippen LogP contribution in [0.4, 0.5) is 0 Å². The van der Waals surface area contributed by atoms with Gasteiger partial charge in [-0.05, 0) is 25.6 Å². The summed E-state index contributed by atoms with van der Waals surface area (Å²) in [5.41, 5.74) is 0.599. The molecule has 3 rings (SSSR count). The van der Waals surface area contributed by atoms with Gasteiger partial charge in [-0.1, -0.05) is 18.5 Å². The molecule has 7 nitrogen and oxygen atoms in total. The summed E-state index contributed by atoms with van der Waals surface area (Å²) in [5.74, 6) is -0.274. The molecule has 0 unspecified atom stereocenters. The Morgan fingerprint density at radius 3 is 2.40 bits per heavy atom. The second kappa shape index (κ2) is 7.57. The van der Waals surface area contributed by atoms with Gasteiger partial charge in [-0.15, -0.1) is 17.7 Å². The maximum atomic E-state index is 11.1. The molecular formula is C17H14N5O2Pt-. The van der Waals surface area contributed by atoms with Crippen LogP contribution >= 0.6 is 0 Å². The van der Waals surface area contributed by atoms with Crippen LogP contribution in [0.25, 0.3) is 11.3 Å². The van der Waals surface area contributed by atoms with Crippen LogP contribution in [-0.2, 0) is 26.5 Å². The van der Waals surface area contributed by atoms with Crippen LogP contribution in [0, 0.1) is 6.07 Å². The van der Waals surface area contributed by atoms with Crippen LogP contribution < -0.4 is 0 Å². The Morgan fingerprint density at radius 2 is 1.76 bits per heavy atom. The molecule has 0 aliphatic rings. The summed E-state index contributed by atoms with van der Waals surface area (Å²) in [6.07, 6.45) is 6.37. The van der Waals surface area contributed by atoms with E-state index in [1.165, 1.54) is 12.3 Å². The first kappa shape index (κ1) is 18.8. The van der Waals surface area contributed by atoms with Crippen molar-refractivity contribution < 1.29 is 31.0 Å². The van der Waals surface area contributed by atoms with E-state index in [1.807, 2.05) is 13.8 Å². The summed E-state index contributed by atoms with van der Waals surface area (Å²) in [6, 6.07) is 7.89. The number of aromatic carboxylic acids is 1. The van der Waals surface area contributed by atoms with Gasteiger partial charge in [0.15, 0.2) is 5.69 Å². The monoisotopic (exact) mass is 515 g/mol. The average Bonchev–Trinajstić information content (AvgIpc) is 2.62. The third kappa shape index (κ3) is 3.94. The molecule has 0 amide bonds. The molecule has 25 heavy (non-hydrogen) atoms. The molecule has 0 aromatic carbocycles. The van der Waals surface area contributed by atoms with Crippen molar-refractivity contribution in [2.24, 2.45) is 0 Å². The first-order valence-electron chi connectivity index (χ1n) is 7.21. The molecule has 0 bridgehead atoms. The molecule has 0 aliphatic heterocycles. The molecule has 0 spiro atoms. The standard InChI is InChI=1S/C17H14N5O2.Pt/c1-17(2,16-20-9-6-13(22-16)14(23)24)15-19-8-5-12(21-15)11-4-3-7-18-10-11;/h3,5-10H,1-2H3,(H,23,24);/q-1;. The van der Waals surface area contributed by atoms with Crippen molar-refractivity contribution in [1.82, 2.24) is 24.9 Å². The Bertz CT molecular complexity index is 887. The van der Waals surface area contributed by atoms with Crippen LogP contribution in [0.5, 0.6) is 0 Å². The van der Waals surface area contributed by atoms with E-state index in [2.05, 4.69) is 31.0 Å². The van der Waals surface area contributed by atoms with Crippen LogP contribution in [0.15, 0.2) is 43.0 Å². The molecule has 3 aromatic rings. The Labute approximate surface area is 158 Å². The van der Waals surface area contributed by atoms with E-state index in [-0.39, 0.29) is 26.8 Å². The molecule has 1 N–H and O–H groups in total. The second-order valence-electron chi connectivity index (χ2n) is 5.61. The van der Waals surface area contributed by atoms with Gasteiger partial charge in [0.25, 0.3) is 0 Å². The van der Waals surface area contributed by atoms with E-state index in [0.29, 0.717) is 17.3 Å². The zero-order valence-corrected chi connectivity index (χ0v) is 15.7. The fourth-order valence-corrected chi connectivity index (χ4v) is 2.15. The normalized spacial score (nSPS) is 10.8. The summed E-state index contributed by atoms with van der Waals surface area (Å²) < 4.78 is 0. The number of carboxylic acids is 1. The largest absolute Gasteiger partial charge is 0.477 e. The number of aromatic nitrogens is 5. The Morgan fingerprint density at radius 1 is 1.08 bits per heavy atom. The van der Waals surface area contributed by atoms with Crippen molar-refractivity contribution in [3.63, 3.8) is 0 Å². The molecule has 3 aromatic heterocycles. The SMILES string of the molecule is CC(C)(c1nccc(C(=O)O)n1)c1nccc(-c2[c-]ccnc2)n1.[Pt]. The summed E-state index contributed by atoms with van der Waals surface area (Å²) in [6.45, 7) is 3.69. The first-order valence-corrected chi connectivity index (χ1v) is 7.21. The number of pyridine rings is 1. The van der Waals surface area contributed by atoms with Crippen molar-refractivity contribution in [2.45, 2.75) is 19.3 Å². The van der Waals surface area contributed by atoms with Gasteiger partial charge in [0, 0.05) is 33.5 Å². The topological polar surface area (TPSA) is 102 Å². The van der Waals surface area contributed by atoms with E-state index in [0.717, 1.165) is 5.56 Å². The van der Waals surface area contributed by atoms with Gasteiger partial charge < -0.3 is 10.1 Å². The molecule has 0 aliphatic carbocycles. The van der Waals surface area contributed by atoms with Crippen LogP contribution in [0.1, 0.15) is 36.0 Å². The third-order valence-electron chi connectivity index (χ3n) is 3.53. The van der Waals surface area contributed by atoms with Gasteiger partial charge in [0.2, 0.25) is 0 Å². The fraction of sp³-hybridized carbons (Fsp3) is 0.176. The van der Waals surface area contributed by atoms with E-state index in [4.69, 9.17) is 5.11 Å². The molecular weight excluding hydrogens is 501 g/mol. The quantitative estimate of drug-likeness (QED) is 0.532. The van der Waals surface area contributed by atoms with Crippen molar-refractivity contribution in [1.29, 1.82) is 0 Å². The van der Waals surface area contributed by atoms with E-state index in [1.54, 1.807) is 30.7 Å². The van der Waals surface area contributed by atoms with Gasteiger partial charge in [0.05, 0.1) is 5.41 Å². The fourth-order valence-electron chi connectivity index (χ4n) is 2.15. The minimum Gasteiger partial charge on any atom is -0.477 e. The minimum absolute atomic E-state index is 0. The number of nitrogens with zero attached hydrogens (tertiary/aromatic N) is 5. The Hall–Kier alpha value is -2.53. The van der Waals surface area contributed by atoms with Gasteiger partial charge in [-0.3, -0.25) is 4.98 Å². The van der Waals surface area contributed by atoms with E-state index >= 15 is 0 Å². The first-order chi connectivity index (χ1) is 11.5. The van der Waals surface area contributed by atoms with Gasteiger partial charge in [0.1, 0.15) is 11.6 Å². The molecule has 0 atom stereocenters. The molecule has 130 valence electrons. The number of hydrogen-bond donors (Lipinski definition) is 1. The van der Waals surface area contributed by atoms with Crippen molar-refractivity contribution in [2.75, 3.05) is 0 Å². The Kier molecular flexibility index (Phi) is 5.69. The van der Waals surface area contributed by atoms with E-state index in [9.17, 15) is 4.79 Å². The number of hydrogen-bond acceptors (Lipinski definition) is 6. The predicted molar refractivity (Wildman–Crippen MR) is 85.2 cm³/mol. The van der Waals surface area contributed by atoms with Gasteiger partial charge >= 0.3 is 5.97 Å². The average molecular weight is 515 g/mol. The summed E-state index contributed by atoms with van der Waals surface area (Å²) in [7, 11) is 0. The van der Waals surface area contributed by atoms with Crippen LogP contribution in [-0.4, -0.2) is 36.0 Å². The van der Waals surface area contributed by atoms with Crippen molar-refractivity contribution >= 4 is 5.97 Å². The molecule has 0 saturated carbocycles. The molecule has 8 heteroatoms. The summed E-state index contributed by atoms with van der Waals surface area (Å²) >= 11 is 0. The summed E-state index contributed by atoms with van der Waals surface area (Å²) in [4.78, 5) is 32.4. The van der Waals surface area contributed by atoms with Crippen molar-refractivity contribution in [3.8, 4) is 11.3 Å². The number of rotatable bonds is 4. The molecule has 3 heterocycles.